The molecule has 1 aromatic carbocycles. The molecule has 0 saturated carbocycles. The Labute approximate surface area is 172 Å². The summed E-state index contributed by atoms with van der Waals surface area (Å²) in [6.45, 7) is 0. The average Bonchev–Trinajstić information content (AvgIpc) is 3.37. The summed E-state index contributed by atoms with van der Waals surface area (Å²) in [5.74, 6) is 1.19. The third-order valence-electron chi connectivity index (χ3n) is 5.97. The van der Waals surface area contributed by atoms with Gasteiger partial charge in [-0.1, -0.05) is 6.07 Å². The monoisotopic (exact) mass is 411 g/mol. The summed E-state index contributed by atoms with van der Waals surface area (Å²) in [6, 6.07) is 4.99. The second kappa shape index (κ2) is 7.24. The molecule has 4 heterocycles. The van der Waals surface area contributed by atoms with Crippen molar-refractivity contribution in [3.8, 4) is 28.5 Å². The Hall–Kier alpha value is -3.21. The summed E-state index contributed by atoms with van der Waals surface area (Å²) in [4.78, 5) is 7.52. The molecule has 0 amide bonds. The van der Waals surface area contributed by atoms with Crippen molar-refractivity contribution in [1.29, 1.82) is 0 Å². The molecule has 4 atom stereocenters. The van der Waals surface area contributed by atoms with E-state index in [0.717, 1.165) is 19.3 Å². The number of halogens is 1. The first-order valence-corrected chi connectivity index (χ1v) is 9.90. The van der Waals surface area contributed by atoms with Crippen LogP contribution < -0.4 is 10.2 Å². The van der Waals surface area contributed by atoms with Crippen molar-refractivity contribution in [3.05, 3.63) is 24.4 Å². The van der Waals surface area contributed by atoms with Gasteiger partial charge in [0.25, 0.3) is 0 Å². The summed E-state index contributed by atoms with van der Waals surface area (Å²) < 4.78 is 14.8. The van der Waals surface area contributed by atoms with Crippen molar-refractivity contribution in [3.63, 3.8) is 0 Å². The van der Waals surface area contributed by atoms with Gasteiger partial charge in [-0.3, -0.25) is 0 Å². The first-order valence-electron chi connectivity index (χ1n) is 9.90. The van der Waals surface area contributed by atoms with E-state index in [0.29, 0.717) is 28.8 Å². The fourth-order valence-electron chi connectivity index (χ4n) is 4.33. The molecular formula is C19H22FN9O. The van der Waals surface area contributed by atoms with E-state index in [1.165, 1.54) is 10.9 Å². The maximum Gasteiger partial charge on any atom is 0.205 e. The number of aromatic hydroxyl groups is 1. The van der Waals surface area contributed by atoms with Gasteiger partial charge >= 0.3 is 0 Å². The molecule has 2 fully saturated rings. The zero-order valence-corrected chi connectivity index (χ0v) is 16.6. The molecule has 0 unspecified atom stereocenters. The molecule has 156 valence electrons. The van der Waals surface area contributed by atoms with Crippen molar-refractivity contribution < 1.29 is 9.50 Å². The largest absolute Gasteiger partial charge is 0.507 e. The fraction of sp³-hybridized carbons (Fsp3) is 0.474. The SMILES string of the molecule is CN(c1cnc(-c2ccc(-c3nnn(C)n3)cc2O)nn1)[C@H]1C[C@@H]2CC[C@H](N2)[C@H]1F. The van der Waals surface area contributed by atoms with Gasteiger partial charge in [0.05, 0.1) is 24.8 Å². The number of aromatic nitrogens is 7. The van der Waals surface area contributed by atoms with Crippen LogP contribution in [0, 0.1) is 0 Å². The number of benzene rings is 1. The van der Waals surface area contributed by atoms with Crippen LogP contribution in [0.25, 0.3) is 22.8 Å². The average molecular weight is 411 g/mol. The number of phenols is 1. The second-order valence-corrected chi connectivity index (χ2v) is 7.88. The Bertz CT molecular complexity index is 1060. The quantitative estimate of drug-likeness (QED) is 0.651. The molecule has 2 aromatic heterocycles. The Morgan fingerprint density at radius 1 is 1.20 bits per heavy atom. The lowest BCUT2D eigenvalue weighted by Gasteiger charge is -2.38. The lowest BCUT2D eigenvalue weighted by atomic mass is 9.96. The molecule has 2 aliphatic heterocycles. The lowest BCUT2D eigenvalue weighted by molar-refractivity contribution is 0.176. The highest BCUT2D eigenvalue weighted by Crippen LogP contribution is 2.34. The van der Waals surface area contributed by atoms with Crippen molar-refractivity contribution in [2.75, 3.05) is 11.9 Å². The van der Waals surface area contributed by atoms with E-state index in [9.17, 15) is 9.50 Å². The summed E-state index contributed by atoms with van der Waals surface area (Å²) in [5, 5.41) is 34.0. The smallest absolute Gasteiger partial charge is 0.205 e. The minimum Gasteiger partial charge on any atom is -0.507 e. The molecular weight excluding hydrogens is 389 g/mol. The molecule has 3 aromatic rings. The minimum absolute atomic E-state index is 0.0124. The third kappa shape index (κ3) is 3.24. The number of piperidine rings is 1. The van der Waals surface area contributed by atoms with E-state index in [4.69, 9.17) is 0 Å². The van der Waals surface area contributed by atoms with E-state index < -0.39 is 6.17 Å². The molecule has 2 aliphatic rings. The summed E-state index contributed by atoms with van der Waals surface area (Å²) in [7, 11) is 3.50. The van der Waals surface area contributed by atoms with Crippen LogP contribution in [0.15, 0.2) is 24.4 Å². The van der Waals surface area contributed by atoms with Crippen LogP contribution in [0.3, 0.4) is 0 Å². The maximum atomic E-state index is 14.8. The van der Waals surface area contributed by atoms with Gasteiger partial charge < -0.3 is 15.3 Å². The van der Waals surface area contributed by atoms with Gasteiger partial charge in [0.15, 0.2) is 11.6 Å². The topological polar surface area (TPSA) is 118 Å². The van der Waals surface area contributed by atoms with Gasteiger partial charge in [-0.15, -0.1) is 20.4 Å². The third-order valence-corrected chi connectivity index (χ3v) is 5.97. The molecule has 11 heteroatoms. The van der Waals surface area contributed by atoms with Gasteiger partial charge in [-0.2, -0.15) is 4.80 Å². The number of phenolic OH excluding ortho intramolecular Hbond substituents is 1. The Morgan fingerprint density at radius 3 is 2.77 bits per heavy atom. The second-order valence-electron chi connectivity index (χ2n) is 7.88. The molecule has 2 saturated heterocycles. The van der Waals surface area contributed by atoms with Crippen LogP contribution in [0.4, 0.5) is 10.2 Å². The molecule has 2 N–H and O–H groups in total. The standard InChI is InChI=1S/C19H22FN9O/c1-28(14-8-11-4-6-13(22-11)17(14)20)16-9-21-19(24-23-16)12-5-3-10(7-15(12)30)18-25-27-29(2)26-18/h3,5,7,9,11,13-14,17,22,30H,4,6,8H2,1-2H3/t11-,13-,14-,17+/m0/s1. The number of hydrogen-bond acceptors (Lipinski definition) is 9. The van der Waals surface area contributed by atoms with Crippen LogP contribution in [-0.2, 0) is 7.05 Å². The number of rotatable bonds is 4. The Morgan fingerprint density at radius 2 is 2.07 bits per heavy atom. The Balaban J connectivity index is 1.36. The number of aryl methyl sites for hydroxylation is 1. The zero-order valence-electron chi connectivity index (χ0n) is 16.6. The van der Waals surface area contributed by atoms with E-state index >= 15 is 0 Å². The molecule has 5 rings (SSSR count). The highest BCUT2D eigenvalue weighted by atomic mass is 19.1. The van der Waals surface area contributed by atoms with Gasteiger partial charge in [-0.25, -0.2) is 9.37 Å². The number of alkyl halides is 1. The predicted molar refractivity (Wildman–Crippen MR) is 106 cm³/mol. The number of anilines is 1. The van der Waals surface area contributed by atoms with Crippen LogP contribution in [0.1, 0.15) is 19.3 Å². The number of hydrogen-bond donors (Lipinski definition) is 2. The molecule has 10 nitrogen and oxygen atoms in total. The van der Waals surface area contributed by atoms with Crippen LogP contribution in [0.5, 0.6) is 5.75 Å². The summed E-state index contributed by atoms with van der Waals surface area (Å²) in [6.07, 6.45) is 3.23. The zero-order chi connectivity index (χ0) is 20.8. The van der Waals surface area contributed by atoms with Gasteiger partial charge in [0.1, 0.15) is 11.9 Å². The van der Waals surface area contributed by atoms with Crippen LogP contribution in [-0.4, -0.2) is 71.8 Å². The van der Waals surface area contributed by atoms with Crippen molar-refractivity contribution in [2.24, 2.45) is 7.05 Å². The van der Waals surface area contributed by atoms with E-state index in [1.807, 2.05) is 11.9 Å². The molecule has 0 radical (unpaired) electrons. The van der Waals surface area contributed by atoms with Gasteiger partial charge in [0, 0.05) is 24.7 Å². The lowest BCUT2D eigenvalue weighted by Crippen LogP contribution is -2.55. The number of tetrazole rings is 1. The van der Waals surface area contributed by atoms with Crippen molar-refractivity contribution in [2.45, 2.75) is 43.6 Å². The van der Waals surface area contributed by atoms with Crippen molar-refractivity contribution in [1.82, 2.24) is 40.7 Å². The number of fused-ring (bicyclic) bond motifs is 2. The number of nitrogens with zero attached hydrogens (tertiary/aromatic N) is 8. The first kappa shape index (κ1) is 18.8. The van der Waals surface area contributed by atoms with Crippen LogP contribution >= 0.6 is 0 Å². The molecule has 0 spiro atoms. The normalized spacial score (nSPS) is 25.4. The molecule has 30 heavy (non-hydrogen) atoms. The van der Waals surface area contributed by atoms with E-state index in [1.54, 1.807) is 25.4 Å². The van der Waals surface area contributed by atoms with Crippen LogP contribution in [0.2, 0.25) is 0 Å². The molecule has 2 bridgehead atoms. The first-order chi connectivity index (χ1) is 14.5. The summed E-state index contributed by atoms with van der Waals surface area (Å²) in [5.41, 5.74) is 1.07. The Kier molecular flexibility index (Phi) is 4.54. The molecule has 0 aliphatic carbocycles. The predicted octanol–water partition coefficient (Wildman–Crippen LogP) is 1.10. The van der Waals surface area contributed by atoms with E-state index in [-0.39, 0.29) is 23.7 Å². The minimum atomic E-state index is -0.957. The van der Waals surface area contributed by atoms with Gasteiger partial charge in [-0.05, 0) is 36.6 Å². The number of nitrogens with one attached hydrogen (secondary N) is 1. The highest BCUT2D eigenvalue weighted by molar-refractivity contribution is 5.69. The van der Waals surface area contributed by atoms with Crippen molar-refractivity contribution >= 4 is 5.82 Å². The highest BCUT2D eigenvalue weighted by Gasteiger charge is 2.43. The van der Waals surface area contributed by atoms with E-state index in [2.05, 4.69) is 35.9 Å². The van der Waals surface area contributed by atoms with Gasteiger partial charge in [0.2, 0.25) is 5.82 Å². The maximum absolute atomic E-state index is 14.8. The fourth-order valence-corrected chi connectivity index (χ4v) is 4.33. The summed E-state index contributed by atoms with van der Waals surface area (Å²) >= 11 is 0.